The molecule has 0 radical (unpaired) electrons. The lowest BCUT2D eigenvalue weighted by Crippen LogP contribution is -2.18. The summed E-state index contributed by atoms with van der Waals surface area (Å²) in [4.78, 5) is 13.7. The predicted molar refractivity (Wildman–Crippen MR) is 104 cm³/mol. The summed E-state index contributed by atoms with van der Waals surface area (Å²) in [6.07, 6.45) is 1.78. The van der Waals surface area contributed by atoms with Gasteiger partial charge in [0, 0.05) is 29.1 Å². The van der Waals surface area contributed by atoms with Crippen molar-refractivity contribution in [1.82, 2.24) is 10.3 Å². The number of hydrogen-bond acceptors (Lipinski definition) is 4. The minimum atomic E-state index is 0.414. The van der Waals surface area contributed by atoms with E-state index in [4.69, 9.17) is 14.7 Å². The smallest absolute Gasteiger partial charge is 0.207 e. The molecule has 6 heteroatoms. The highest BCUT2D eigenvalue weighted by Crippen LogP contribution is 2.33. The number of ether oxygens (including phenoxy) is 2. The molecular weight excluding hydrogens is 342 g/mol. The van der Waals surface area contributed by atoms with Gasteiger partial charge in [-0.3, -0.25) is 4.79 Å². The first-order valence-corrected chi connectivity index (χ1v) is 8.72. The summed E-state index contributed by atoms with van der Waals surface area (Å²) in [5.74, 6) is 1.53. The first-order chi connectivity index (χ1) is 13.3. The van der Waals surface area contributed by atoms with Crippen LogP contribution >= 0.6 is 0 Å². The summed E-state index contributed by atoms with van der Waals surface area (Å²) in [6, 6.07) is 15.9. The minimum Gasteiger partial charge on any atom is -0.497 e. The number of nitrogens with one attached hydrogen (secondary N) is 2. The Kier molecular flexibility index (Phi) is 5.95. The van der Waals surface area contributed by atoms with Crippen molar-refractivity contribution in [1.29, 1.82) is 5.26 Å². The molecule has 2 aromatic carbocycles. The van der Waals surface area contributed by atoms with Gasteiger partial charge in [0.2, 0.25) is 6.41 Å². The number of nitriles is 1. The Hall–Kier alpha value is -3.46. The number of H-pyrrole nitrogens is 1. The third-order valence-corrected chi connectivity index (χ3v) is 4.34. The Bertz CT molecular complexity index is 955. The van der Waals surface area contributed by atoms with Crippen molar-refractivity contribution in [3.05, 3.63) is 48.0 Å². The predicted octanol–water partition coefficient (Wildman–Crippen LogP) is 3.42. The van der Waals surface area contributed by atoms with E-state index in [1.165, 1.54) is 0 Å². The van der Waals surface area contributed by atoms with Crippen molar-refractivity contribution < 1.29 is 14.3 Å². The van der Waals surface area contributed by atoms with Crippen LogP contribution in [0.5, 0.6) is 11.5 Å². The number of fused-ring (bicyclic) bond motifs is 1. The normalized spacial score (nSPS) is 10.4. The van der Waals surface area contributed by atoms with E-state index in [1.807, 2.05) is 42.5 Å². The first kappa shape index (κ1) is 18.3. The van der Waals surface area contributed by atoms with Crippen molar-refractivity contribution in [3.8, 4) is 28.8 Å². The van der Waals surface area contributed by atoms with Gasteiger partial charge in [-0.15, -0.1) is 0 Å². The van der Waals surface area contributed by atoms with Crippen LogP contribution in [0.3, 0.4) is 0 Å². The van der Waals surface area contributed by atoms with Gasteiger partial charge in [0.15, 0.2) is 0 Å². The van der Waals surface area contributed by atoms with Gasteiger partial charge in [0.05, 0.1) is 19.7 Å². The summed E-state index contributed by atoms with van der Waals surface area (Å²) >= 11 is 0. The topological polar surface area (TPSA) is 87.1 Å². The first-order valence-electron chi connectivity index (χ1n) is 8.72. The highest BCUT2D eigenvalue weighted by Gasteiger charge is 2.14. The fourth-order valence-corrected chi connectivity index (χ4v) is 3.05. The highest BCUT2D eigenvalue weighted by atomic mass is 16.5. The third kappa shape index (κ3) is 4.21. The van der Waals surface area contributed by atoms with Gasteiger partial charge in [-0.25, -0.2) is 0 Å². The molecule has 0 saturated carbocycles. The minimum absolute atomic E-state index is 0.414. The molecule has 0 aliphatic carbocycles. The molecule has 2 N–H and O–H groups in total. The van der Waals surface area contributed by atoms with Gasteiger partial charge < -0.3 is 19.8 Å². The molecule has 0 aliphatic heterocycles. The number of aromatic nitrogens is 1. The summed E-state index contributed by atoms with van der Waals surface area (Å²) in [7, 11) is 1.64. The lowest BCUT2D eigenvalue weighted by molar-refractivity contribution is -0.109. The van der Waals surface area contributed by atoms with Crippen molar-refractivity contribution in [2.75, 3.05) is 20.3 Å². The summed E-state index contributed by atoms with van der Waals surface area (Å²) in [5.41, 5.74) is 4.13. The maximum Gasteiger partial charge on any atom is 0.207 e. The number of aryl methyl sites for hydroxylation is 1. The molecule has 138 valence electrons. The molecule has 0 bridgehead atoms. The Morgan fingerprint density at radius 3 is 2.67 bits per heavy atom. The van der Waals surface area contributed by atoms with Gasteiger partial charge in [0.1, 0.15) is 18.1 Å². The van der Waals surface area contributed by atoms with E-state index < -0.39 is 0 Å². The molecule has 1 aromatic heterocycles. The number of nitrogens with zero attached hydrogens (tertiary/aromatic N) is 1. The molecule has 0 spiro atoms. The van der Waals surface area contributed by atoms with E-state index in [0.29, 0.717) is 32.4 Å². The number of aromatic amines is 1. The van der Waals surface area contributed by atoms with Gasteiger partial charge in [-0.1, -0.05) is 0 Å². The van der Waals surface area contributed by atoms with Crippen LogP contribution in [0.1, 0.15) is 12.0 Å². The second kappa shape index (κ2) is 8.77. The number of benzene rings is 2. The number of methoxy groups -OCH3 is 1. The van der Waals surface area contributed by atoms with Crippen LogP contribution in [0.4, 0.5) is 0 Å². The summed E-state index contributed by atoms with van der Waals surface area (Å²) in [5, 5.41) is 12.7. The van der Waals surface area contributed by atoms with Crippen LogP contribution in [0.2, 0.25) is 0 Å². The molecule has 0 saturated heterocycles. The van der Waals surface area contributed by atoms with Crippen LogP contribution in [0.15, 0.2) is 42.5 Å². The van der Waals surface area contributed by atoms with E-state index in [-0.39, 0.29) is 0 Å². The van der Waals surface area contributed by atoms with Crippen LogP contribution in [-0.4, -0.2) is 31.7 Å². The molecule has 1 amide bonds. The zero-order chi connectivity index (χ0) is 19.1. The second-order valence-corrected chi connectivity index (χ2v) is 5.99. The average molecular weight is 363 g/mol. The van der Waals surface area contributed by atoms with Crippen molar-refractivity contribution in [3.63, 3.8) is 0 Å². The largest absolute Gasteiger partial charge is 0.497 e. The molecule has 0 atom stereocenters. The Labute approximate surface area is 157 Å². The molecule has 0 aliphatic rings. The maximum atomic E-state index is 10.2. The molecule has 1 heterocycles. The Morgan fingerprint density at radius 2 is 1.96 bits per heavy atom. The molecule has 0 unspecified atom stereocenters. The van der Waals surface area contributed by atoms with Gasteiger partial charge in [0.25, 0.3) is 0 Å². The van der Waals surface area contributed by atoms with E-state index in [0.717, 1.165) is 39.2 Å². The second-order valence-electron chi connectivity index (χ2n) is 5.99. The zero-order valence-electron chi connectivity index (χ0n) is 15.1. The average Bonchev–Trinajstić information content (AvgIpc) is 3.07. The van der Waals surface area contributed by atoms with Gasteiger partial charge in [-0.05, 0) is 53.9 Å². The van der Waals surface area contributed by atoms with Crippen molar-refractivity contribution in [2.45, 2.75) is 12.8 Å². The zero-order valence-corrected chi connectivity index (χ0v) is 15.1. The van der Waals surface area contributed by atoms with Gasteiger partial charge in [-0.2, -0.15) is 5.26 Å². The van der Waals surface area contributed by atoms with E-state index >= 15 is 0 Å². The van der Waals surface area contributed by atoms with Crippen LogP contribution in [-0.2, 0) is 11.2 Å². The highest BCUT2D eigenvalue weighted by molar-refractivity contribution is 5.91. The van der Waals surface area contributed by atoms with E-state index in [1.54, 1.807) is 7.11 Å². The molecule has 0 fully saturated rings. The standard InChI is InChI=1S/C21H21N3O3/c1-26-17-8-9-18-19(3-2-10-22)21(24-20(18)13-17)15-4-6-16(7-5-15)27-12-11-23-14-25/h4-9,13-14,24H,2-3,11-12H2,1H3,(H,23,25). The van der Waals surface area contributed by atoms with Crippen molar-refractivity contribution in [2.24, 2.45) is 0 Å². The number of hydrogen-bond donors (Lipinski definition) is 2. The quantitative estimate of drug-likeness (QED) is 0.450. The summed E-state index contributed by atoms with van der Waals surface area (Å²) < 4.78 is 10.9. The lowest BCUT2D eigenvalue weighted by Gasteiger charge is -2.08. The van der Waals surface area contributed by atoms with Crippen LogP contribution in [0.25, 0.3) is 22.2 Å². The number of amides is 1. The molecular formula is C21H21N3O3. The molecule has 6 nitrogen and oxygen atoms in total. The number of carbonyl (C=O) groups is 1. The third-order valence-electron chi connectivity index (χ3n) is 4.34. The van der Waals surface area contributed by atoms with Gasteiger partial charge >= 0.3 is 0 Å². The fraction of sp³-hybridized carbons (Fsp3) is 0.238. The Morgan fingerprint density at radius 1 is 1.19 bits per heavy atom. The number of carbonyl (C=O) groups excluding carboxylic acids is 1. The maximum absolute atomic E-state index is 10.2. The molecule has 3 rings (SSSR count). The van der Waals surface area contributed by atoms with E-state index in [2.05, 4.69) is 16.4 Å². The van der Waals surface area contributed by atoms with Crippen LogP contribution < -0.4 is 14.8 Å². The summed E-state index contributed by atoms with van der Waals surface area (Å²) in [6.45, 7) is 0.880. The molecule has 3 aromatic rings. The van der Waals surface area contributed by atoms with Crippen molar-refractivity contribution >= 4 is 17.3 Å². The molecule has 27 heavy (non-hydrogen) atoms. The SMILES string of the molecule is COc1ccc2c(CCC#N)c(-c3ccc(OCCNC=O)cc3)[nH]c2c1. The lowest BCUT2D eigenvalue weighted by atomic mass is 10.0. The van der Waals surface area contributed by atoms with Crippen LogP contribution in [0, 0.1) is 11.3 Å². The Balaban J connectivity index is 1.90. The number of rotatable bonds is 9. The fourth-order valence-electron chi connectivity index (χ4n) is 3.05. The van der Waals surface area contributed by atoms with E-state index in [9.17, 15) is 4.79 Å². The monoisotopic (exact) mass is 363 g/mol.